The number of anilines is 1. The molecule has 0 aliphatic carbocycles. The lowest BCUT2D eigenvalue weighted by Crippen LogP contribution is -2.38. The molecule has 2 amide bonds. The highest BCUT2D eigenvalue weighted by molar-refractivity contribution is 5.90. The number of aromatic nitrogens is 5. The number of halogens is 1. The number of benzene rings is 1. The normalized spacial score (nSPS) is 16.0. The molecule has 0 unspecified atom stereocenters. The fourth-order valence-corrected chi connectivity index (χ4v) is 2.92. The number of cyclic esters (lactones) is 1. The van der Waals surface area contributed by atoms with E-state index in [0.717, 1.165) is 0 Å². The molecule has 29 heavy (non-hydrogen) atoms. The highest BCUT2D eigenvalue weighted by atomic mass is 19.1. The van der Waals surface area contributed by atoms with Gasteiger partial charge >= 0.3 is 6.09 Å². The molecule has 0 spiro atoms. The van der Waals surface area contributed by atoms with Crippen molar-refractivity contribution in [3.05, 3.63) is 48.7 Å². The maximum absolute atomic E-state index is 14.8. The summed E-state index contributed by atoms with van der Waals surface area (Å²) in [5, 5.41) is 10.8. The third kappa shape index (κ3) is 3.49. The van der Waals surface area contributed by atoms with Crippen molar-refractivity contribution in [2.45, 2.75) is 13.2 Å². The summed E-state index contributed by atoms with van der Waals surface area (Å²) in [6.07, 6.45) is 1.56. The van der Waals surface area contributed by atoms with Gasteiger partial charge in [-0.15, -0.1) is 5.10 Å². The second-order valence-corrected chi connectivity index (χ2v) is 6.40. The molecule has 0 saturated carbocycles. The Labute approximate surface area is 164 Å². The van der Waals surface area contributed by atoms with E-state index in [9.17, 15) is 14.0 Å². The molecule has 0 radical (unpaired) electrons. The van der Waals surface area contributed by atoms with Crippen LogP contribution in [0.25, 0.3) is 16.9 Å². The van der Waals surface area contributed by atoms with Crippen molar-refractivity contribution in [3.8, 4) is 16.9 Å². The van der Waals surface area contributed by atoms with Crippen LogP contribution in [0, 0.1) is 5.82 Å². The Balaban J connectivity index is 1.55. The van der Waals surface area contributed by atoms with Crippen LogP contribution in [0.4, 0.5) is 14.9 Å². The van der Waals surface area contributed by atoms with E-state index in [1.807, 2.05) is 0 Å². The van der Waals surface area contributed by atoms with Crippen molar-refractivity contribution in [1.82, 2.24) is 30.1 Å². The van der Waals surface area contributed by atoms with E-state index in [2.05, 4.69) is 20.5 Å². The maximum Gasteiger partial charge on any atom is 0.416 e. The minimum absolute atomic E-state index is 0.121. The molecule has 1 fully saturated rings. The van der Waals surface area contributed by atoms with Crippen LogP contribution in [0.3, 0.4) is 0 Å². The van der Waals surface area contributed by atoms with Gasteiger partial charge in [0.25, 0.3) is 0 Å². The average Bonchev–Trinajstić information content (AvgIpc) is 3.37. The quantitative estimate of drug-likeness (QED) is 0.659. The number of carbonyl (C=O) groups excluding carboxylic acids is 2. The van der Waals surface area contributed by atoms with E-state index < -0.39 is 18.1 Å². The maximum atomic E-state index is 14.8. The number of carbonyl (C=O) groups is 2. The van der Waals surface area contributed by atoms with Gasteiger partial charge in [-0.05, 0) is 40.8 Å². The van der Waals surface area contributed by atoms with Gasteiger partial charge in [-0.3, -0.25) is 9.69 Å². The summed E-state index contributed by atoms with van der Waals surface area (Å²) < 4.78 is 21.3. The van der Waals surface area contributed by atoms with E-state index in [-0.39, 0.29) is 12.5 Å². The lowest BCUT2D eigenvalue weighted by Gasteiger charge is -2.20. The number of pyridine rings is 1. The van der Waals surface area contributed by atoms with Crippen molar-refractivity contribution < 1.29 is 18.7 Å². The molecule has 10 nitrogen and oxygen atoms in total. The fourth-order valence-electron chi connectivity index (χ4n) is 2.92. The number of likely N-dealkylation sites (N-methyl/N-ethyl adjacent to an activating group) is 1. The largest absolute Gasteiger partial charge is 0.423 e. The van der Waals surface area contributed by atoms with Gasteiger partial charge in [-0.25, -0.2) is 14.2 Å². The Hall–Kier alpha value is -3.89. The van der Waals surface area contributed by atoms with Gasteiger partial charge in [0.05, 0.1) is 12.2 Å². The first kappa shape index (κ1) is 18.5. The summed E-state index contributed by atoms with van der Waals surface area (Å²) in [5.74, 6) is -0.254. The second-order valence-electron chi connectivity index (χ2n) is 6.40. The Morgan fingerprint density at radius 1 is 1.31 bits per heavy atom. The molecule has 0 bridgehead atoms. The van der Waals surface area contributed by atoms with Crippen molar-refractivity contribution in [2.75, 3.05) is 18.5 Å². The topological polar surface area (TPSA) is 106 Å². The minimum atomic E-state index is -0.717. The number of rotatable bonds is 4. The molecular formula is C18H16FN7O3. The molecule has 3 heterocycles. The van der Waals surface area contributed by atoms with Gasteiger partial charge in [-0.2, -0.15) is 4.68 Å². The molecule has 1 aromatic carbocycles. The zero-order chi connectivity index (χ0) is 20.5. The summed E-state index contributed by atoms with van der Waals surface area (Å²) in [5.41, 5.74) is 1.23. The van der Waals surface area contributed by atoms with E-state index in [1.165, 1.54) is 40.0 Å². The van der Waals surface area contributed by atoms with Crippen LogP contribution in [0.5, 0.6) is 0 Å². The summed E-state index contributed by atoms with van der Waals surface area (Å²) >= 11 is 0. The van der Waals surface area contributed by atoms with Crippen LogP contribution in [-0.2, 0) is 9.53 Å². The van der Waals surface area contributed by atoms with Gasteiger partial charge in [0, 0.05) is 31.3 Å². The predicted octanol–water partition coefficient (Wildman–Crippen LogP) is 1.62. The van der Waals surface area contributed by atoms with Crippen LogP contribution in [0.1, 0.15) is 6.92 Å². The van der Waals surface area contributed by atoms with E-state index in [4.69, 9.17) is 4.74 Å². The van der Waals surface area contributed by atoms with Gasteiger partial charge in [0.2, 0.25) is 5.91 Å². The van der Waals surface area contributed by atoms with Crippen molar-refractivity contribution in [2.24, 2.45) is 0 Å². The molecule has 1 aliphatic heterocycles. The Kier molecular flexibility index (Phi) is 4.63. The molecule has 1 saturated heterocycles. The van der Waals surface area contributed by atoms with Crippen molar-refractivity contribution in [3.63, 3.8) is 0 Å². The van der Waals surface area contributed by atoms with E-state index >= 15 is 0 Å². The van der Waals surface area contributed by atoms with Crippen LogP contribution in [0.15, 0.2) is 42.9 Å². The smallest absolute Gasteiger partial charge is 0.416 e. The Morgan fingerprint density at radius 3 is 2.76 bits per heavy atom. The Morgan fingerprint density at radius 2 is 2.14 bits per heavy atom. The summed E-state index contributed by atoms with van der Waals surface area (Å²) in [4.78, 5) is 30.5. The number of hydrogen-bond acceptors (Lipinski definition) is 7. The van der Waals surface area contributed by atoms with Crippen LogP contribution in [0.2, 0.25) is 0 Å². The highest BCUT2D eigenvalue weighted by Crippen LogP contribution is 2.29. The van der Waals surface area contributed by atoms with Gasteiger partial charge in [-0.1, -0.05) is 0 Å². The first-order valence-corrected chi connectivity index (χ1v) is 8.65. The minimum Gasteiger partial charge on any atom is -0.423 e. The molecule has 11 heteroatoms. The number of hydrogen-bond donors (Lipinski definition) is 0. The monoisotopic (exact) mass is 397 g/mol. The molecule has 0 N–H and O–H groups in total. The Bertz CT molecular complexity index is 1060. The molecule has 4 rings (SSSR count). The first-order valence-electron chi connectivity index (χ1n) is 8.65. The van der Waals surface area contributed by atoms with Gasteiger partial charge in [0.15, 0.2) is 12.0 Å². The number of amides is 2. The van der Waals surface area contributed by atoms with Crippen molar-refractivity contribution in [1.29, 1.82) is 0 Å². The SMILES string of the molecule is CC(=O)N(C)[C@@H]1CN(c2ccc(-c3ccc(-n4cnnn4)nc3)c(F)c2)C(=O)O1. The number of ether oxygens (including phenoxy) is 1. The lowest BCUT2D eigenvalue weighted by atomic mass is 10.1. The fraction of sp³-hybridized carbons (Fsp3) is 0.222. The van der Waals surface area contributed by atoms with E-state index in [0.29, 0.717) is 22.6 Å². The molecule has 1 atom stereocenters. The molecule has 2 aromatic heterocycles. The zero-order valence-corrected chi connectivity index (χ0v) is 15.6. The molecule has 148 valence electrons. The number of nitrogens with zero attached hydrogens (tertiary/aromatic N) is 7. The summed E-state index contributed by atoms with van der Waals surface area (Å²) in [6.45, 7) is 1.50. The highest BCUT2D eigenvalue weighted by Gasteiger charge is 2.36. The standard InChI is InChI=1S/C18H16FN7O3/c1-11(27)24(2)17-9-25(18(28)29-17)13-4-5-14(15(19)7-13)12-3-6-16(20-8-12)26-10-21-22-23-26/h3-8,10,17H,9H2,1-2H3/t17-/m0/s1. The van der Waals surface area contributed by atoms with Crippen LogP contribution in [-0.4, -0.2) is 61.9 Å². The van der Waals surface area contributed by atoms with Crippen LogP contribution >= 0.6 is 0 Å². The first-order chi connectivity index (χ1) is 13.9. The van der Waals surface area contributed by atoms with Crippen LogP contribution < -0.4 is 4.90 Å². The average molecular weight is 397 g/mol. The third-order valence-corrected chi connectivity index (χ3v) is 4.63. The van der Waals surface area contributed by atoms with E-state index in [1.54, 1.807) is 31.3 Å². The molecule has 1 aliphatic rings. The van der Waals surface area contributed by atoms with Gasteiger partial charge < -0.3 is 9.64 Å². The second kappa shape index (κ2) is 7.26. The third-order valence-electron chi connectivity index (χ3n) is 4.63. The molecular weight excluding hydrogens is 381 g/mol. The predicted molar refractivity (Wildman–Crippen MR) is 98.4 cm³/mol. The summed E-state index contributed by atoms with van der Waals surface area (Å²) in [7, 11) is 1.54. The summed E-state index contributed by atoms with van der Waals surface area (Å²) in [6, 6.07) is 7.80. The van der Waals surface area contributed by atoms with Gasteiger partial charge in [0.1, 0.15) is 12.1 Å². The lowest BCUT2D eigenvalue weighted by molar-refractivity contribution is -0.134. The zero-order valence-electron chi connectivity index (χ0n) is 15.6. The molecule has 3 aromatic rings. The number of tetrazole rings is 1. The van der Waals surface area contributed by atoms with Crippen molar-refractivity contribution >= 4 is 17.7 Å².